The number of nitrogens with zero attached hydrogens (tertiary/aromatic N) is 3. The Morgan fingerprint density at radius 1 is 1.44 bits per heavy atom. The predicted octanol–water partition coefficient (Wildman–Crippen LogP) is 0.300. The molecule has 100 valence electrons. The van der Waals surface area contributed by atoms with Crippen LogP contribution in [-0.2, 0) is 20.4 Å². The van der Waals surface area contributed by atoms with Gasteiger partial charge >= 0.3 is 0 Å². The molecule has 8 heteroatoms. The highest BCUT2D eigenvalue weighted by Gasteiger charge is 2.31. The zero-order valence-corrected chi connectivity index (χ0v) is 11.3. The van der Waals surface area contributed by atoms with Gasteiger partial charge in [-0.2, -0.15) is 0 Å². The normalized spacial score (nSPS) is 20.6. The number of hydrogen-bond donors (Lipinski definition) is 0. The minimum absolute atomic E-state index is 0.0135. The van der Waals surface area contributed by atoms with Gasteiger partial charge in [-0.1, -0.05) is 0 Å². The molecule has 18 heavy (non-hydrogen) atoms. The number of hydrogen-bond acceptors (Lipinski definition) is 4. The van der Waals surface area contributed by atoms with Crippen LogP contribution in [0.2, 0.25) is 0 Å². The average molecular weight is 292 g/mol. The van der Waals surface area contributed by atoms with E-state index in [1.807, 2.05) is 10.8 Å². The second-order valence-corrected chi connectivity index (χ2v) is 7.24. The van der Waals surface area contributed by atoms with Crippen LogP contribution in [-0.4, -0.2) is 47.6 Å². The van der Waals surface area contributed by atoms with Crippen molar-refractivity contribution < 1.29 is 13.2 Å². The number of carbonyl (C=O) groups excluding carboxylic acids is 1. The largest absolute Gasteiger partial charge is 0.341 e. The van der Waals surface area contributed by atoms with E-state index < -0.39 is 9.05 Å². The van der Waals surface area contributed by atoms with E-state index >= 15 is 0 Å². The predicted molar refractivity (Wildman–Crippen MR) is 66.6 cm³/mol. The Morgan fingerprint density at radius 3 is 2.83 bits per heavy atom. The van der Waals surface area contributed by atoms with Crippen molar-refractivity contribution in [1.82, 2.24) is 14.5 Å². The zero-order chi connectivity index (χ0) is 13.2. The molecule has 1 aliphatic heterocycles. The standard InChI is InChI=1S/C10H14ClN3O3S/c11-18(16,17)7-9-5-10(15)14(6-9)4-3-13-2-1-12-8-13/h1-2,8-9H,3-7H2. The monoisotopic (exact) mass is 291 g/mol. The summed E-state index contributed by atoms with van der Waals surface area (Å²) in [5.41, 5.74) is 0. The molecule has 1 saturated heterocycles. The highest BCUT2D eigenvalue weighted by Crippen LogP contribution is 2.20. The highest BCUT2D eigenvalue weighted by molar-refractivity contribution is 8.13. The Morgan fingerprint density at radius 2 is 2.22 bits per heavy atom. The first kappa shape index (κ1) is 13.4. The zero-order valence-electron chi connectivity index (χ0n) is 9.70. The van der Waals surface area contributed by atoms with E-state index in [-0.39, 0.29) is 24.0 Å². The third kappa shape index (κ3) is 3.71. The number of carbonyl (C=O) groups is 1. The molecule has 0 aromatic carbocycles. The fourth-order valence-electron chi connectivity index (χ4n) is 2.12. The van der Waals surface area contributed by atoms with Crippen molar-refractivity contribution in [1.29, 1.82) is 0 Å². The van der Waals surface area contributed by atoms with Crippen molar-refractivity contribution in [2.24, 2.45) is 5.92 Å². The van der Waals surface area contributed by atoms with E-state index in [1.54, 1.807) is 17.4 Å². The van der Waals surface area contributed by atoms with Gasteiger partial charge in [0.05, 0.1) is 12.1 Å². The van der Waals surface area contributed by atoms with E-state index in [0.717, 1.165) is 0 Å². The number of likely N-dealkylation sites (tertiary alicyclic amines) is 1. The first-order valence-electron chi connectivity index (χ1n) is 5.60. The summed E-state index contributed by atoms with van der Waals surface area (Å²) in [5, 5.41) is 0. The number of imidazole rings is 1. The van der Waals surface area contributed by atoms with Gasteiger partial charge in [0.25, 0.3) is 0 Å². The lowest BCUT2D eigenvalue weighted by atomic mass is 10.1. The van der Waals surface area contributed by atoms with Crippen LogP contribution >= 0.6 is 10.7 Å². The first-order chi connectivity index (χ1) is 8.44. The molecule has 0 radical (unpaired) electrons. The molecular formula is C10H14ClN3O3S. The Kier molecular flexibility index (Phi) is 3.91. The molecule has 0 spiro atoms. The first-order valence-corrected chi connectivity index (χ1v) is 8.08. The lowest BCUT2D eigenvalue weighted by Gasteiger charge is -2.16. The summed E-state index contributed by atoms with van der Waals surface area (Å²) in [5.74, 6) is -0.342. The SMILES string of the molecule is O=C1CC(CS(=O)(=O)Cl)CN1CCn1ccnc1. The Labute approximate surface area is 110 Å². The van der Waals surface area contributed by atoms with Crippen LogP contribution in [0.5, 0.6) is 0 Å². The fourth-order valence-corrected chi connectivity index (χ4v) is 3.44. The van der Waals surface area contributed by atoms with Crippen molar-refractivity contribution in [3.63, 3.8) is 0 Å². The maximum atomic E-state index is 11.7. The lowest BCUT2D eigenvalue weighted by molar-refractivity contribution is -0.127. The maximum Gasteiger partial charge on any atom is 0.232 e. The van der Waals surface area contributed by atoms with Crippen molar-refractivity contribution in [2.45, 2.75) is 13.0 Å². The van der Waals surface area contributed by atoms with Crippen LogP contribution in [0, 0.1) is 5.92 Å². The van der Waals surface area contributed by atoms with Gasteiger partial charge in [-0.25, -0.2) is 13.4 Å². The van der Waals surface area contributed by atoms with Gasteiger partial charge in [-0.15, -0.1) is 0 Å². The molecule has 1 amide bonds. The molecule has 1 aromatic rings. The highest BCUT2D eigenvalue weighted by atomic mass is 35.7. The molecule has 0 N–H and O–H groups in total. The smallest absolute Gasteiger partial charge is 0.232 e. The third-order valence-electron chi connectivity index (χ3n) is 2.92. The summed E-state index contributed by atoms with van der Waals surface area (Å²) in [4.78, 5) is 17.3. The van der Waals surface area contributed by atoms with Gasteiger partial charge in [0, 0.05) is 55.0 Å². The molecular weight excluding hydrogens is 278 g/mol. The van der Waals surface area contributed by atoms with Crippen LogP contribution in [0.4, 0.5) is 0 Å². The summed E-state index contributed by atoms with van der Waals surface area (Å²) >= 11 is 0. The molecule has 1 aromatic heterocycles. The van der Waals surface area contributed by atoms with Crippen LogP contribution < -0.4 is 0 Å². The second kappa shape index (κ2) is 5.27. The van der Waals surface area contributed by atoms with Gasteiger partial charge in [-0.3, -0.25) is 4.79 Å². The minimum atomic E-state index is -3.53. The maximum absolute atomic E-state index is 11.7. The number of halogens is 1. The fraction of sp³-hybridized carbons (Fsp3) is 0.600. The lowest BCUT2D eigenvalue weighted by Crippen LogP contribution is -2.29. The van der Waals surface area contributed by atoms with Crippen LogP contribution in [0.25, 0.3) is 0 Å². The van der Waals surface area contributed by atoms with E-state index in [0.29, 0.717) is 19.6 Å². The average Bonchev–Trinajstić information content (AvgIpc) is 2.83. The van der Waals surface area contributed by atoms with Crippen molar-refractivity contribution in [2.75, 3.05) is 18.8 Å². The molecule has 0 saturated carbocycles. The molecule has 2 heterocycles. The molecule has 2 rings (SSSR count). The minimum Gasteiger partial charge on any atom is -0.341 e. The van der Waals surface area contributed by atoms with Crippen LogP contribution in [0.1, 0.15) is 6.42 Å². The summed E-state index contributed by atoms with van der Waals surface area (Å²) < 4.78 is 23.8. The molecule has 1 atom stereocenters. The summed E-state index contributed by atoms with van der Waals surface area (Å²) in [7, 11) is 1.66. The quantitative estimate of drug-likeness (QED) is 0.732. The Balaban J connectivity index is 1.86. The molecule has 0 bridgehead atoms. The van der Waals surface area contributed by atoms with Crippen molar-refractivity contribution in [3.8, 4) is 0 Å². The molecule has 1 fully saturated rings. The third-order valence-corrected chi connectivity index (χ3v) is 4.16. The molecule has 1 aliphatic rings. The van der Waals surface area contributed by atoms with E-state index in [1.165, 1.54) is 0 Å². The van der Waals surface area contributed by atoms with Gasteiger partial charge in [0.1, 0.15) is 0 Å². The topological polar surface area (TPSA) is 72.3 Å². The number of rotatable bonds is 5. The molecule has 1 unspecified atom stereocenters. The van der Waals surface area contributed by atoms with Crippen LogP contribution in [0.15, 0.2) is 18.7 Å². The van der Waals surface area contributed by atoms with Crippen molar-refractivity contribution in [3.05, 3.63) is 18.7 Å². The van der Waals surface area contributed by atoms with Gasteiger partial charge < -0.3 is 9.47 Å². The van der Waals surface area contributed by atoms with Gasteiger partial charge in [-0.05, 0) is 0 Å². The van der Waals surface area contributed by atoms with E-state index in [9.17, 15) is 13.2 Å². The molecule has 0 aliphatic carbocycles. The summed E-state index contributed by atoms with van der Waals surface area (Å²) in [6.07, 6.45) is 5.44. The Bertz CT molecular complexity index is 514. The summed E-state index contributed by atoms with van der Waals surface area (Å²) in [6.45, 7) is 1.68. The number of aromatic nitrogens is 2. The summed E-state index contributed by atoms with van der Waals surface area (Å²) in [6, 6.07) is 0. The van der Waals surface area contributed by atoms with Crippen molar-refractivity contribution >= 4 is 25.6 Å². The molecule has 6 nitrogen and oxygen atoms in total. The van der Waals surface area contributed by atoms with E-state index in [4.69, 9.17) is 10.7 Å². The van der Waals surface area contributed by atoms with E-state index in [2.05, 4.69) is 4.98 Å². The second-order valence-electron chi connectivity index (χ2n) is 4.42. The van der Waals surface area contributed by atoms with Gasteiger partial charge in [0.15, 0.2) is 0 Å². The Hall–Kier alpha value is -1.08. The number of amides is 1. The van der Waals surface area contributed by atoms with Gasteiger partial charge in [0.2, 0.25) is 15.0 Å². The van der Waals surface area contributed by atoms with Crippen LogP contribution in [0.3, 0.4) is 0 Å².